The third kappa shape index (κ3) is 4.26. The first-order valence-corrected chi connectivity index (χ1v) is 6.97. The molecule has 1 aromatic carbocycles. The predicted molar refractivity (Wildman–Crippen MR) is 86.8 cm³/mol. The van der Waals surface area contributed by atoms with Crippen LogP contribution in [0, 0.1) is 10.1 Å². The van der Waals surface area contributed by atoms with Gasteiger partial charge in [-0.05, 0) is 24.3 Å². The number of rotatable bonds is 4. The number of aliphatic hydroxyl groups is 1. The summed E-state index contributed by atoms with van der Waals surface area (Å²) in [6.45, 7) is -0.134. The van der Waals surface area contributed by atoms with Gasteiger partial charge in [0.2, 0.25) is 5.91 Å². The molecule has 0 radical (unpaired) electrons. The maximum absolute atomic E-state index is 11.3. The van der Waals surface area contributed by atoms with Crippen molar-refractivity contribution in [2.45, 2.75) is 0 Å². The standard InChI is InChI=1S/C14H10N4O5.CH4O/c19-13-8-17(14(20)16-13)15-7-11-5-6-12(23-11)9-1-3-10(4-2-9)18(21)22;1-2/h1-7H,8H2,(H,16,19,20);2H,1H3/b15-7+;. The zero-order chi connectivity index (χ0) is 18.4. The van der Waals surface area contributed by atoms with Crippen molar-refractivity contribution in [3.8, 4) is 11.3 Å². The quantitative estimate of drug-likeness (QED) is 0.371. The second kappa shape index (κ2) is 7.84. The van der Waals surface area contributed by atoms with Crippen LogP contribution >= 0.6 is 0 Å². The maximum Gasteiger partial charge on any atom is 0.344 e. The molecule has 2 aromatic rings. The second-order valence-corrected chi connectivity index (χ2v) is 4.66. The van der Waals surface area contributed by atoms with Crippen LogP contribution in [0.4, 0.5) is 10.5 Å². The average Bonchev–Trinajstić information content (AvgIpc) is 3.21. The molecule has 0 saturated carbocycles. The average molecular weight is 346 g/mol. The van der Waals surface area contributed by atoms with Gasteiger partial charge in [0, 0.05) is 24.8 Å². The fraction of sp³-hybridized carbons (Fsp3) is 0.133. The Labute approximate surface area is 141 Å². The number of aliphatic hydroxyl groups excluding tert-OH is 1. The number of nitro groups is 1. The number of nitrogens with one attached hydrogen (secondary N) is 1. The van der Waals surface area contributed by atoms with Crippen molar-refractivity contribution < 1.29 is 24.0 Å². The predicted octanol–water partition coefficient (Wildman–Crippen LogP) is 1.35. The van der Waals surface area contributed by atoms with E-state index in [2.05, 4.69) is 10.4 Å². The Morgan fingerprint density at radius 3 is 2.48 bits per heavy atom. The molecule has 1 fully saturated rings. The molecule has 0 bridgehead atoms. The van der Waals surface area contributed by atoms with Gasteiger partial charge in [0.05, 0.1) is 11.1 Å². The highest BCUT2D eigenvalue weighted by atomic mass is 16.6. The van der Waals surface area contributed by atoms with Gasteiger partial charge >= 0.3 is 6.03 Å². The number of nitro benzene ring substituents is 1. The number of hydrazone groups is 1. The van der Waals surface area contributed by atoms with Crippen LogP contribution in [-0.2, 0) is 4.79 Å². The number of amides is 3. The van der Waals surface area contributed by atoms with Gasteiger partial charge in [-0.25, -0.2) is 9.80 Å². The van der Waals surface area contributed by atoms with Gasteiger partial charge in [0.15, 0.2) is 0 Å². The Morgan fingerprint density at radius 2 is 1.92 bits per heavy atom. The van der Waals surface area contributed by atoms with Crippen LogP contribution in [0.15, 0.2) is 45.9 Å². The van der Waals surface area contributed by atoms with Gasteiger partial charge in [0.25, 0.3) is 5.69 Å². The molecular weight excluding hydrogens is 332 g/mol. The first-order valence-electron chi connectivity index (χ1n) is 6.97. The summed E-state index contributed by atoms with van der Waals surface area (Å²) in [6.07, 6.45) is 1.31. The van der Waals surface area contributed by atoms with Crippen molar-refractivity contribution >= 4 is 23.8 Å². The van der Waals surface area contributed by atoms with Gasteiger partial charge in [0.1, 0.15) is 18.1 Å². The van der Waals surface area contributed by atoms with Gasteiger partial charge in [-0.2, -0.15) is 5.10 Å². The molecule has 3 rings (SSSR count). The fourth-order valence-corrected chi connectivity index (χ4v) is 1.98. The molecule has 1 aliphatic heterocycles. The van der Waals surface area contributed by atoms with Gasteiger partial charge in [-0.3, -0.25) is 20.2 Å². The number of urea groups is 1. The number of benzene rings is 1. The number of carbonyl (C=O) groups is 2. The second-order valence-electron chi connectivity index (χ2n) is 4.66. The van der Waals surface area contributed by atoms with Crippen molar-refractivity contribution in [2.24, 2.45) is 5.10 Å². The number of carbonyl (C=O) groups excluding carboxylic acids is 2. The first kappa shape index (κ1) is 17.8. The molecule has 2 heterocycles. The highest BCUT2D eigenvalue weighted by Gasteiger charge is 2.26. The van der Waals surface area contributed by atoms with E-state index in [1.54, 1.807) is 24.3 Å². The molecular formula is C15H14N4O6. The molecule has 0 unspecified atom stereocenters. The van der Waals surface area contributed by atoms with E-state index < -0.39 is 16.9 Å². The Morgan fingerprint density at radius 1 is 1.24 bits per heavy atom. The van der Waals surface area contributed by atoms with Crippen molar-refractivity contribution in [3.05, 3.63) is 52.3 Å². The van der Waals surface area contributed by atoms with Gasteiger partial charge in [-0.1, -0.05) is 0 Å². The summed E-state index contributed by atoms with van der Waals surface area (Å²) >= 11 is 0. The lowest BCUT2D eigenvalue weighted by Crippen LogP contribution is -2.24. The van der Waals surface area contributed by atoms with E-state index in [-0.39, 0.29) is 12.2 Å². The van der Waals surface area contributed by atoms with Crippen LogP contribution < -0.4 is 5.32 Å². The third-order valence-corrected chi connectivity index (χ3v) is 3.09. The summed E-state index contributed by atoms with van der Waals surface area (Å²) in [5, 5.41) is 24.6. The Hall–Kier alpha value is -3.53. The molecule has 130 valence electrons. The van der Waals surface area contributed by atoms with Crippen molar-refractivity contribution in [1.29, 1.82) is 0 Å². The third-order valence-electron chi connectivity index (χ3n) is 3.09. The number of non-ortho nitro benzene ring substituents is 1. The zero-order valence-electron chi connectivity index (χ0n) is 13.1. The summed E-state index contributed by atoms with van der Waals surface area (Å²) in [5.41, 5.74) is 0.663. The number of imide groups is 1. The lowest BCUT2D eigenvalue weighted by atomic mass is 10.1. The van der Waals surface area contributed by atoms with Crippen LogP contribution in [0.1, 0.15) is 5.76 Å². The summed E-state index contributed by atoms with van der Waals surface area (Å²) in [5.74, 6) is 0.465. The minimum absolute atomic E-state index is 0.00759. The first-order chi connectivity index (χ1) is 12.0. The van der Waals surface area contributed by atoms with E-state index in [0.29, 0.717) is 17.1 Å². The minimum Gasteiger partial charge on any atom is -0.455 e. The smallest absolute Gasteiger partial charge is 0.344 e. The topological polar surface area (TPSA) is 138 Å². The molecule has 3 amide bonds. The SMILES string of the molecule is CO.O=C1CN(/N=C/c2ccc(-c3ccc([N+](=O)[O-])cc3)o2)C(=O)N1. The summed E-state index contributed by atoms with van der Waals surface area (Å²) in [6, 6.07) is 8.63. The van der Waals surface area contributed by atoms with Crippen LogP contribution in [-0.4, -0.2) is 46.8 Å². The van der Waals surface area contributed by atoms with E-state index >= 15 is 0 Å². The largest absolute Gasteiger partial charge is 0.455 e. The molecule has 10 nitrogen and oxygen atoms in total. The monoisotopic (exact) mass is 346 g/mol. The van der Waals surface area contributed by atoms with Crippen molar-refractivity contribution in [1.82, 2.24) is 10.3 Å². The highest BCUT2D eigenvalue weighted by molar-refractivity contribution is 6.02. The zero-order valence-corrected chi connectivity index (χ0v) is 13.1. The molecule has 0 aliphatic carbocycles. The lowest BCUT2D eigenvalue weighted by Gasteiger charge is -2.02. The van der Waals surface area contributed by atoms with Crippen LogP contribution in [0.5, 0.6) is 0 Å². The van der Waals surface area contributed by atoms with Gasteiger partial charge in [-0.15, -0.1) is 0 Å². The van der Waals surface area contributed by atoms with E-state index in [9.17, 15) is 19.7 Å². The molecule has 1 aliphatic rings. The van der Waals surface area contributed by atoms with Gasteiger partial charge < -0.3 is 9.52 Å². The van der Waals surface area contributed by atoms with E-state index in [0.717, 1.165) is 12.1 Å². The van der Waals surface area contributed by atoms with Crippen molar-refractivity contribution in [2.75, 3.05) is 13.7 Å². The summed E-state index contributed by atoms with van der Waals surface area (Å²) in [4.78, 5) is 32.5. The summed E-state index contributed by atoms with van der Waals surface area (Å²) in [7, 11) is 1.00. The highest BCUT2D eigenvalue weighted by Crippen LogP contribution is 2.24. The van der Waals surface area contributed by atoms with E-state index in [1.807, 2.05) is 0 Å². The van der Waals surface area contributed by atoms with Crippen LogP contribution in [0.25, 0.3) is 11.3 Å². The van der Waals surface area contributed by atoms with Crippen LogP contribution in [0.3, 0.4) is 0 Å². The van der Waals surface area contributed by atoms with E-state index in [4.69, 9.17) is 9.52 Å². The lowest BCUT2D eigenvalue weighted by molar-refractivity contribution is -0.384. The molecule has 25 heavy (non-hydrogen) atoms. The Bertz CT molecular complexity index is 812. The van der Waals surface area contributed by atoms with E-state index in [1.165, 1.54) is 18.3 Å². The molecule has 1 aromatic heterocycles. The fourth-order valence-electron chi connectivity index (χ4n) is 1.98. The van der Waals surface area contributed by atoms with Crippen molar-refractivity contribution in [3.63, 3.8) is 0 Å². The molecule has 0 spiro atoms. The summed E-state index contributed by atoms with van der Waals surface area (Å²) < 4.78 is 5.53. The molecule has 0 atom stereocenters. The normalized spacial score (nSPS) is 13.6. The number of nitrogens with zero attached hydrogens (tertiary/aromatic N) is 3. The van der Waals surface area contributed by atoms with Crippen LogP contribution in [0.2, 0.25) is 0 Å². The number of hydrogen-bond acceptors (Lipinski definition) is 7. The number of hydrogen-bond donors (Lipinski definition) is 2. The maximum atomic E-state index is 11.3. The number of furan rings is 1. The Kier molecular flexibility index (Phi) is 5.58. The molecule has 1 saturated heterocycles. The molecule has 10 heteroatoms. The molecule has 2 N–H and O–H groups in total. The minimum atomic E-state index is -0.589. The Balaban J connectivity index is 0.00000109.